The number of H-pyrrole nitrogens is 1. The lowest BCUT2D eigenvalue weighted by Gasteiger charge is -2.35. The number of aryl methyl sites for hydroxylation is 3. The zero-order valence-electron chi connectivity index (χ0n) is 12.8. The molecule has 0 bridgehead atoms. The number of carbonyl (C=O) groups is 1. The number of carbonyl (C=O) groups excluding carboxylic acids is 1. The average molecular weight is 321 g/mol. The minimum atomic E-state index is -0.150. The fourth-order valence-corrected chi connectivity index (χ4v) is 3.37. The Morgan fingerprint density at radius 1 is 1.50 bits per heavy atom. The summed E-state index contributed by atoms with van der Waals surface area (Å²) in [5.74, 6) is 0. The summed E-state index contributed by atoms with van der Waals surface area (Å²) < 4.78 is 5.57. The first-order valence-corrected chi connectivity index (χ1v) is 7.97. The fraction of sp³-hybridized carbons (Fsp3) is 0.500. The highest BCUT2D eigenvalue weighted by molar-refractivity contribution is 7.15. The fourth-order valence-electron chi connectivity index (χ4n) is 2.71. The molecule has 22 heavy (non-hydrogen) atoms. The second-order valence-electron chi connectivity index (χ2n) is 5.34. The van der Waals surface area contributed by atoms with Crippen LogP contribution in [-0.2, 0) is 4.74 Å². The normalized spacial score (nSPS) is 18.5. The summed E-state index contributed by atoms with van der Waals surface area (Å²) in [6, 6.07) is -0.281. The number of hydrogen-bond donors (Lipinski definition) is 2. The van der Waals surface area contributed by atoms with Crippen molar-refractivity contribution in [1.82, 2.24) is 20.1 Å². The molecule has 1 fully saturated rings. The third-order valence-electron chi connectivity index (χ3n) is 3.74. The van der Waals surface area contributed by atoms with E-state index in [9.17, 15) is 4.79 Å². The minimum absolute atomic E-state index is 0.131. The van der Waals surface area contributed by atoms with Gasteiger partial charge < -0.3 is 9.64 Å². The van der Waals surface area contributed by atoms with Crippen LogP contribution < -0.4 is 5.32 Å². The molecule has 118 valence electrons. The zero-order valence-corrected chi connectivity index (χ0v) is 13.7. The van der Waals surface area contributed by atoms with Crippen LogP contribution in [0.3, 0.4) is 0 Å². The molecule has 0 aromatic carbocycles. The summed E-state index contributed by atoms with van der Waals surface area (Å²) in [4.78, 5) is 19.6. The van der Waals surface area contributed by atoms with Gasteiger partial charge in [0, 0.05) is 28.9 Å². The lowest BCUT2D eigenvalue weighted by molar-refractivity contribution is 0.0143. The van der Waals surface area contributed by atoms with Crippen molar-refractivity contribution >= 4 is 22.5 Å². The van der Waals surface area contributed by atoms with Crippen LogP contribution in [0.25, 0.3) is 0 Å². The molecule has 1 aliphatic heterocycles. The number of hydrogen-bond acceptors (Lipinski definition) is 5. The summed E-state index contributed by atoms with van der Waals surface area (Å²) in [6.45, 7) is 7.42. The van der Waals surface area contributed by atoms with Crippen LogP contribution >= 0.6 is 11.3 Å². The molecule has 7 nitrogen and oxygen atoms in total. The predicted molar refractivity (Wildman–Crippen MR) is 84.2 cm³/mol. The number of aromatic amines is 1. The maximum Gasteiger partial charge on any atom is 0.324 e. The second-order valence-corrected chi connectivity index (χ2v) is 6.57. The number of nitrogens with one attached hydrogen (secondary N) is 2. The van der Waals surface area contributed by atoms with Gasteiger partial charge in [0.25, 0.3) is 0 Å². The Hall–Kier alpha value is -1.93. The first-order valence-electron chi connectivity index (χ1n) is 7.15. The molecule has 2 amide bonds. The highest BCUT2D eigenvalue weighted by Gasteiger charge is 2.32. The van der Waals surface area contributed by atoms with E-state index < -0.39 is 0 Å². The smallest absolute Gasteiger partial charge is 0.324 e. The average Bonchev–Trinajstić information content (AvgIpc) is 3.05. The summed E-state index contributed by atoms with van der Waals surface area (Å²) >= 11 is 1.47. The molecule has 8 heteroatoms. The third kappa shape index (κ3) is 2.84. The largest absolute Gasteiger partial charge is 0.377 e. The summed E-state index contributed by atoms with van der Waals surface area (Å²) in [6.07, 6.45) is 1.75. The maximum absolute atomic E-state index is 12.6. The van der Waals surface area contributed by atoms with Gasteiger partial charge >= 0.3 is 6.03 Å². The number of amides is 2. The van der Waals surface area contributed by atoms with Gasteiger partial charge in [-0.3, -0.25) is 10.4 Å². The van der Waals surface area contributed by atoms with Gasteiger partial charge in [0.05, 0.1) is 24.9 Å². The van der Waals surface area contributed by atoms with E-state index in [4.69, 9.17) is 4.74 Å². The van der Waals surface area contributed by atoms with Crippen LogP contribution in [0.2, 0.25) is 0 Å². The molecule has 3 rings (SSSR count). The molecular weight excluding hydrogens is 302 g/mol. The standard InChI is InChI=1S/C14H19N5O2S/c1-8-6-15-13(22-8)16-14(20)19-4-5-21-7-11(19)12-9(2)17-18-10(12)3/h6,11H,4-5,7H2,1-3H3,(H,17,18)(H,15,16,20). The number of morpholine rings is 1. The molecule has 0 radical (unpaired) electrons. The third-order valence-corrected chi connectivity index (χ3v) is 4.57. The molecule has 1 aliphatic rings. The second kappa shape index (κ2) is 6.05. The van der Waals surface area contributed by atoms with Crippen molar-refractivity contribution in [2.45, 2.75) is 26.8 Å². The quantitative estimate of drug-likeness (QED) is 0.889. The van der Waals surface area contributed by atoms with Crippen LogP contribution in [0.5, 0.6) is 0 Å². The van der Waals surface area contributed by atoms with E-state index in [2.05, 4.69) is 20.5 Å². The van der Waals surface area contributed by atoms with Crippen molar-refractivity contribution in [2.24, 2.45) is 0 Å². The van der Waals surface area contributed by atoms with Crippen LogP contribution in [0.15, 0.2) is 6.20 Å². The number of anilines is 1. The Kier molecular flexibility index (Phi) is 4.12. The van der Waals surface area contributed by atoms with E-state index >= 15 is 0 Å². The van der Waals surface area contributed by atoms with Gasteiger partial charge in [-0.1, -0.05) is 0 Å². The first-order chi connectivity index (χ1) is 10.6. The lowest BCUT2D eigenvalue weighted by atomic mass is 10.0. The number of ether oxygens (including phenoxy) is 1. The molecule has 1 unspecified atom stereocenters. The van der Waals surface area contributed by atoms with Gasteiger partial charge in [-0.25, -0.2) is 9.78 Å². The van der Waals surface area contributed by atoms with Gasteiger partial charge in [-0.05, 0) is 20.8 Å². The Bertz CT molecular complexity index is 661. The van der Waals surface area contributed by atoms with Crippen LogP contribution in [0.4, 0.5) is 9.93 Å². The number of rotatable bonds is 2. The first kappa shape index (κ1) is 15.0. The molecule has 1 saturated heterocycles. The minimum Gasteiger partial charge on any atom is -0.377 e. The predicted octanol–water partition coefficient (Wildman–Crippen LogP) is 2.40. The van der Waals surface area contributed by atoms with Gasteiger partial charge in [0.2, 0.25) is 0 Å². The molecule has 3 heterocycles. The van der Waals surface area contributed by atoms with Crippen molar-refractivity contribution in [1.29, 1.82) is 0 Å². The van der Waals surface area contributed by atoms with Crippen molar-refractivity contribution in [3.8, 4) is 0 Å². The van der Waals surface area contributed by atoms with Crippen molar-refractivity contribution in [3.63, 3.8) is 0 Å². The summed E-state index contributed by atoms with van der Waals surface area (Å²) in [5, 5.41) is 10.7. The topological polar surface area (TPSA) is 83.1 Å². The SMILES string of the molecule is Cc1cnc(NC(=O)N2CCOCC2c2c(C)n[nH]c2C)s1. The number of aromatic nitrogens is 3. The Labute approximate surface area is 132 Å². The van der Waals surface area contributed by atoms with E-state index in [1.165, 1.54) is 11.3 Å². The molecule has 1 atom stereocenters. The number of nitrogens with zero attached hydrogens (tertiary/aromatic N) is 3. The molecular formula is C14H19N5O2S. The summed E-state index contributed by atoms with van der Waals surface area (Å²) in [7, 11) is 0. The molecule has 0 aliphatic carbocycles. The van der Waals surface area contributed by atoms with Crippen molar-refractivity contribution < 1.29 is 9.53 Å². The zero-order chi connectivity index (χ0) is 15.7. The molecule has 0 saturated carbocycles. The van der Waals surface area contributed by atoms with E-state index in [-0.39, 0.29) is 12.1 Å². The Morgan fingerprint density at radius 3 is 2.95 bits per heavy atom. The Balaban J connectivity index is 1.82. The monoisotopic (exact) mass is 321 g/mol. The number of thiazole rings is 1. The summed E-state index contributed by atoms with van der Waals surface area (Å²) in [5.41, 5.74) is 2.90. The van der Waals surface area contributed by atoms with Crippen molar-refractivity contribution in [3.05, 3.63) is 28.0 Å². The van der Waals surface area contributed by atoms with Gasteiger partial charge in [0.15, 0.2) is 5.13 Å². The molecule has 2 aromatic rings. The van der Waals surface area contributed by atoms with Crippen LogP contribution in [0, 0.1) is 20.8 Å². The van der Waals surface area contributed by atoms with Crippen molar-refractivity contribution in [2.75, 3.05) is 25.1 Å². The van der Waals surface area contributed by atoms with Gasteiger partial charge in [-0.2, -0.15) is 5.10 Å². The van der Waals surface area contributed by atoms with E-state index in [0.29, 0.717) is 24.9 Å². The Morgan fingerprint density at radius 2 is 2.32 bits per heavy atom. The molecule has 2 aromatic heterocycles. The number of urea groups is 1. The molecule has 2 N–H and O–H groups in total. The van der Waals surface area contributed by atoms with E-state index in [1.54, 1.807) is 11.1 Å². The maximum atomic E-state index is 12.6. The lowest BCUT2D eigenvalue weighted by Crippen LogP contribution is -2.45. The van der Waals surface area contributed by atoms with Gasteiger partial charge in [0.1, 0.15) is 0 Å². The van der Waals surface area contributed by atoms with Crippen LogP contribution in [0.1, 0.15) is 27.9 Å². The van der Waals surface area contributed by atoms with Gasteiger partial charge in [-0.15, -0.1) is 11.3 Å². The van der Waals surface area contributed by atoms with E-state index in [0.717, 1.165) is 21.8 Å². The molecule has 0 spiro atoms. The highest BCUT2D eigenvalue weighted by Crippen LogP contribution is 2.29. The highest BCUT2D eigenvalue weighted by atomic mass is 32.1. The van der Waals surface area contributed by atoms with Crippen LogP contribution in [-0.4, -0.2) is 45.9 Å². The van der Waals surface area contributed by atoms with E-state index in [1.807, 2.05) is 20.8 Å².